The fourth-order valence-electron chi connectivity index (χ4n) is 2.09. The van der Waals surface area contributed by atoms with Gasteiger partial charge in [0.05, 0.1) is 10.9 Å². The van der Waals surface area contributed by atoms with Crippen molar-refractivity contribution in [3.63, 3.8) is 0 Å². The second kappa shape index (κ2) is 10.3. The molecule has 4 heteroatoms. The van der Waals surface area contributed by atoms with Crippen LogP contribution in [0.3, 0.4) is 0 Å². The Kier molecular flexibility index (Phi) is 8.01. The molecule has 0 bridgehead atoms. The van der Waals surface area contributed by atoms with Crippen LogP contribution in [0.2, 0.25) is 0 Å². The highest BCUT2D eigenvalue weighted by Crippen LogP contribution is 2.31. The Morgan fingerprint density at radius 2 is 1.16 bits per heavy atom. The van der Waals surface area contributed by atoms with Crippen LogP contribution in [-0.4, -0.2) is 5.97 Å². The number of aliphatic carboxylic acids is 1. The fourth-order valence-corrected chi connectivity index (χ4v) is 4.54. The Morgan fingerprint density at radius 3 is 1.52 bits per heavy atom. The number of carboxylic acids is 1. The molecule has 0 aliphatic carbocycles. The van der Waals surface area contributed by atoms with Gasteiger partial charge >= 0.3 is 0 Å². The van der Waals surface area contributed by atoms with Crippen molar-refractivity contribution >= 4 is 39.5 Å². The van der Waals surface area contributed by atoms with Gasteiger partial charge in [-0.2, -0.15) is 0 Å². The number of carboxylic acid groups (broad SMARTS) is 1. The van der Waals surface area contributed by atoms with Crippen molar-refractivity contribution in [1.82, 2.24) is 0 Å². The molecule has 0 saturated carbocycles. The lowest BCUT2D eigenvalue weighted by molar-refractivity contribution is -0.305. The van der Waals surface area contributed by atoms with Crippen LogP contribution in [0.4, 0.5) is 0 Å². The van der Waals surface area contributed by atoms with Gasteiger partial charge < -0.3 is 9.90 Å². The van der Waals surface area contributed by atoms with E-state index in [1.807, 2.05) is 0 Å². The van der Waals surface area contributed by atoms with Gasteiger partial charge in [0.1, 0.15) is 0 Å². The highest BCUT2D eigenvalue weighted by molar-refractivity contribution is 14.1. The molecule has 0 aliphatic rings. The van der Waals surface area contributed by atoms with Gasteiger partial charge in [0.25, 0.3) is 0 Å². The Labute approximate surface area is 165 Å². The molecule has 0 atom stereocenters. The number of rotatable bonds is 4. The summed E-state index contributed by atoms with van der Waals surface area (Å²) in [6.07, 6.45) is 0.111. The van der Waals surface area contributed by atoms with Gasteiger partial charge in [-0.05, 0) is 77.5 Å². The maximum absolute atomic E-state index is 9.26. The summed E-state index contributed by atoms with van der Waals surface area (Å²) < 4.78 is 1.27. The summed E-state index contributed by atoms with van der Waals surface area (Å²) >= 11 is 2.35. The minimum Gasteiger partial charge on any atom is -0.550 e. The molecule has 0 radical (unpaired) electrons. The van der Waals surface area contributed by atoms with Crippen LogP contribution in [0.1, 0.15) is 13.3 Å². The molecule has 0 fully saturated rings. The van der Waals surface area contributed by atoms with Crippen molar-refractivity contribution in [1.29, 1.82) is 0 Å². The number of hydrogen-bond acceptors (Lipinski definition) is 2. The normalized spacial score (nSPS) is 10.0. The minimum atomic E-state index is -0.995. The van der Waals surface area contributed by atoms with Crippen LogP contribution in [0.5, 0.6) is 0 Å². The molecular weight excluding hydrogens is 443 g/mol. The van der Waals surface area contributed by atoms with Crippen molar-refractivity contribution < 1.29 is 9.90 Å². The summed E-state index contributed by atoms with van der Waals surface area (Å²) in [5.74, 6) is -0.995. The number of carbonyl (C=O) groups excluding carboxylic acids is 1. The Morgan fingerprint density at radius 1 is 0.800 bits per heavy atom. The van der Waals surface area contributed by atoms with E-state index in [9.17, 15) is 9.90 Å². The third-order valence-corrected chi connectivity index (χ3v) is 6.25. The topological polar surface area (TPSA) is 40.1 Å². The summed E-state index contributed by atoms with van der Waals surface area (Å²) in [5, 5.41) is 9.26. The van der Waals surface area contributed by atoms with Crippen LogP contribution >= 0.6 is 22.6 Å². The smallest absolute Gasteiger partial charge is 0.166 e. The van der Waals surface area contributed by atoms with Gasteiger partial charge in [-0.1, -0.05) is 43.3 Å². The zero-order valence-electron chi connectivity index (χ0n) is 13.9. The van der Waals surface area contributed by atoms with E-state index in [-0.39, 0.29) is 17.3 Å². The molecule has 25 heavy (non-hydrogen) atoms. The molecule has 0 N–H and O–H groups in total. The molecule has 128 valence electrons. The first-order chi connectivity index (χ1) is 12.1. The van der Waals surface area contributed by atoms with E-state index in [2.05, 4.69) is 108 Å². The average molecular weight is 462 g/mol. The summed E-state index contributed by atoms with van der Waals surface area (Å²) in [7, 11) is -0.0262. The average Bonchev–Trinajstić information content (AvgIpc) is 2.66. The molecule has 0 aliphatic heterocycles. The first-order valence-electron chi connectivity index (χ1n) is 7.91. The number of hydrogen-bond donors (Lipinski definition) is 0. The van der Waals surface area contributed by atoms with Gasteiger partial charge in [0, 0.05) is 9.54 Å². The van der Waals surface area contributed by atoms with E-state index in [0.29, 0.717) is 0 Å². The van der Waals surface area contributed by atoms with Crippen molar-refractivity contribution in [3.05, 3.63) is 88.5 Å². The maximum atomic E-state index is 9.26. The third-order valence-electron chi connectivity index (χ3n) is 3.30. The van der Waals surface area contributed by atoms with E-state index < -0.39 is 5.97 Å². The molecule has 0 unspecified atom stereocenters. The van der Waals surface area contributed by atoms with Crippen LogP contribution < -0.4 is 5.11 Å². The van der Waals surface area contributed by atoms with Crippen molar-refractivity contribution in [2.24, 2.45) is 0 Å². The zero-order chi connectivity index (χ0) is 18.1. The Bertz CT molecular complexity index is 735. The Balaban J connectivity index is 0.000000399. The van der Waals surface area contributed by atoms with Gasteiger partial charge in [-0.3, -0.25) is 0 Å². The molecular formula is C21H19IO2S. The largest absolute Gasteiger partial charge is 0.550 e. The molecule has 0 aromatic heterocycles. The van der Waals surface area contributed by atoms with E-state index in [1.165, 1.54) is 25.2 Å². The predicted molar refractivity (Wildman–Crippen MR) is 110 cm³/mol. The van der Waals surface area contributed by atoms with Gasteiger partial charge in [0.15, 0.2) is 14.7 Å². The van der Waals surface area contributed by atoms with Gasteiger partial charge in [-0.25, -0.2) is 0 Å². The predicted octanol–water partition coefficient (Wildman–Crippen LogP) is 4.53. The van der Waals surface area contributed by atoms with Crippen LogP contribution in [0.15, 0.2) is 99.6 Å². The number of carbonyl (C=O) groups is 1. The lowest BCUT2D eigenvalue weighted by Crippen LogP contribution is -2.19. The highest BCUT2D eigenvalue weighted by atomic mass is 127. The third kappa shape index (κ3) is 6.21. The van der Waals surface area contributed by atoms with Crippen molar-refractivity contribution in [3.8, 4) is 0 Å². The SMILES string of the molecule is CCC(=O)[O-].Ic1ccc([S+](c2ccccc2)c2ccccc2)cc1. The van der Waals surface area contributed by atoms with E-state index >= 15 is 0 Å². The van der Waals surface area contributed by atoms with Crippen molar-refractivity contribution in [2.45, 2.75) is 28.0 Å². The summed E-state index contributed by atoms with van der Waals surface area (Å²) in [5.41, 5.74) is 0. The molecule has 2 nitrogen and oxygen atoms in total. The zero-order valence-corrected chi connectivity index (χ0v) is 16.9. The van der Waals surface area contributed by atoms with E-state index in [0.717, 1.165) is 0 Å². The number of benzene rings is 3. The van der Waals surface area contributed by atoms with E-state index in [4.69, 9.17) is 0 Å². The highest BCUT2D eigenvalue weighted by Gasteiger charge is 2.27. The van der Waals surface area contributed by atoms with Crippen LogP contribution in [0, 0.1) is 3.57 Å². The summed E-state index contributed by atoms with van der Waals surface area (Å²) in [6, 6.07) is 30.3. The van der Waals surface area contributed by atoms with E-state index in [1.54, 1.807) is 0 Å². The minimum absolute atomic E-state index is 0.0262. The molecule has 0 heterocycles. The van der Waals surface area contributed by atoms with Crippen LogP contribution in [0.25, 0.3) is 0 Å². The molecule has 0 saturated heterocycles. The summed E-state index contributed by atoms with van der Waals surface area (Å²) in [4.78, 5) is 13.3. The second-order valence-electron chi connectivity index (χ2n) is 5.11. The first kappa shape index (κ1) is 19.5. The molecule has 3 aromatic rings. The molecule has 0 spiro atoms. The fraction of sp³-hybridized carbons (Fsp3) is 0.0952. The standard InChI is InChI=1S/C18H14IS.C3H6O2/c19-15-11-13-18(14-12-15)20(16-7-3-1-4-8-16)17-9-5-2-6-10-17;1-2-3(4)5/h1-14H;2H2,1H3,(H,4,5)/q+1;/p-1. The lowest BCUT2D eigenvalue weighted by Gasteiger charge is -2.07. The number of halogens is 1. The second-order valence-corrected chi connectivity index (χ2v) is 8.38. The molecule has 3 aromatic carbocycles. The first-order valence-corrected chi connectivity index (χ1v) is 10.2. The maximum Gasteiger partial charge on any atom is 0.166 e. The Hall–Kier alpha value is -1.79. The lowest BCUT2D eigenvalue weighted by atomic mass is 10.4. The van der Waals surface area contributed by atoms with Gasteiger partial charge in [0.2, 0.25) is 0 Å². The van der Waals surface area contributed by atoms with Gasteiger partial charge in [-0.15, -0.1) is 0 Å². The van der Waals surface area contributed by atoms with Crippen LogP contribution in [-0.2, 0) is 15.7 Å². The van der Waals surface area contributed by atoms with Crippen molar-refractivity contribution in [2.75, 3.05) is 0 Å². The quantitative estimate of drug-likeness (QED) is 0.422. The molecule has 3 rings (SSSR count). The monoisotopic (exact) mass is 462 g/mol. The molecule has 0 amide bonds. The summed E-state index contributed by atoms with van der Waals surface area (Å²) in [6.45, 7) is 1.54.